The number of nitrogens with one attached hydrogen (secondary N) is 3. The highest BCUT2D eigenvalue weighted by atomic mass is 35.5. The van der Waals surface area contributed by atoms with Gasteiger partial charge < -0.3 is 16.0 Å². The van der Waals surface area contributed by atoms with Gasteiger partial charge in [0.25, 0.3) is 11.8 Å². The van der Waals surface area contributed by atoms with Gasteiger partial charge >= 0.3 is 0 Å². The van der Waals surface area contributed by atoms with Crippen LogP contribution in [0.5, 0.6) is 0 Å². The Morgan fingerprint density at radius 1 is 0.853 bits per heavy atom. The minimum absolute atomic E-state index is 0.0347. The van der Waals surface area contributed by atoms with E-state index in [9.17, 15) is 22.8 Å². The lowest BCUT2D eigenvalue weighted by Gasteiger charge is -2.11. The molecule has 0 radical (unpaired) electrons. The van der Waals surface area contributed by atoms with Crippen LogP contribution in [0.15, 0.2) is 71.6 Å². The van der Waals surface area contributed by atoms with Crippen LogP contribution in [0.2, 0.25) is 5.02 Å². The van der Waals surface area contributed by atoms with E-state index in [-0.39, 0.29) is 27.3 Å². The van der Waals surface area contributed by atoms with Crippen LogP contribution >= 0.6 is 11.6 Å². The van der Waals surface area contributed by atoms with Gasteiger partial charge in [0, 0.05) is 36.5 Å². The molecule has 3 N–H and O–H groups in total. The van der Waals surface area contributed by atoms with Gasteiger partial charge in [-0.05, 0) is 54.1 Å². The van der Waals surface area contributed by atoms with E-state index in [1.54, 1.807) is 30.3 Å². The number of amides is 3. The summed E-state index contributed by atoms with van der Waals surface area (Å²) in [5.74, 6) is -1.01. The van der Waals surface area contributed by atoms with E-state index in [1.165, 1.54) is 43.3 Å². The fourth-order valence-electron chi connectivity index (χ4n) is 2.96. The Bertz CT molecular complexity index is 1360. The van der Waals surface area contributed by atoms with E-state index in [2.05, 4.69) is 16.0 Å². The van der Waals surface area contributed by atoms with E-state index in [1.807, 2.05) is 0 Å². The molecule has 0 aliphatic rings. The van der Waals surface area contributed by atoms with E-state index in [0.29, 0.717) is 23.5 Å². The van der Waals surface area contributed by atoms with Crippen molar-refractivity contribution >= 4 is 50.5 Å². The van der Waals surface area contributed by atoms with E-state index < -0.39 is 15.7 Å². The predicted molar refractivity (Wildman–Crippen MR) is 131 cm³/mol. The normalized spacial score (nSPS) is 10.9. The minimum Gasteiger partial charge on any atom is -0.352 e. The molecule has 0 saturated carbocycles. The Labute approximate surface area is 202 Å². The summed E-state index contributed by atoms with van der Waals surface area (Å²) in [5.41, 5.74) is 2.17. The third-order valence-electron chi connectivity index (χ3n) is 4.76. The van der Waals surface area contributed by atoms with Crippen molar-refractivity contribution in [2.75, 3.05) is 16.9 Å². The maximum absolute atomic E-state index is 12.5. The molecule has 3 rings (SSSR count). The van der Waals surface area contributed by atoms with Crippen molar-refractivity contribution in [1.82, 2.24) is 5.32 Å². The Balaban J connectivity index is 1.66. The molecule has 3 amide bonds. The van der Waals surface area contributed by atoms with Crippen molar-refractivity contribution in [1.29, 1.82) is 0 Å². The SMILES string of the molecule is CC(=O)NCc1ccc(C(=O)Nc2ccc(NC(=O)c3cccc(S(C)(=O)=O)c3)c(Cl)c2)cc1. The molecular weight excluding hydrogens is 478 g/mol. The zero-order chi connectivity index (χ0) is 24.9. The molecule has 3 aromatic carbocycles. The summed E-state index contributed by atoms with van der Waals surface area (Å²) in [5, 5.41) is 8.24. The number of halogens is 1. The van der Waals surface area contributed by atoms with Crippen LogP contribution < -0.4 is 16.0 Å². The summed E-state index contributed by atoms with van der Waals surface area (Å²) in [6.07, 6.45) is 1.06. The van der Waals surface area contributed by atoms with Gasteiger partial charge in [-0.2, -0.15) is 0 Å². The summed E-state index contributed by atoms with van der Waals surface area (Å²) in [7, 11) is -3.45. The van der Waals surface area contributed by atoms with Crippen molar-refractivity contribution in [2.45, 2.75) is 18.4 Å². The molecule has 0 unspecified atom stereocenters. The molecule has 0 aliphatic carbocycles. The Morgan fingerprint density at radius 3 is 2.15 bits per heavy atom. The quantitative estimate of drug-likeness (QED) is 0.455. The van der Waals surface area contributed by atoms with Crippen molar-refractivity contribution in [2.24, 2.45) is 0 Å². The van der Waals surface area contributed by atoms with E-state index >= 15 is 0 Å². The number of sulfone groups is 1. The van der Waals surface area contributed by atoms with Gasteiger partial charge in [-0.25, -0.2) is 8.42 Å². The molecule has 0 heterocycles. The molecule has 34 heavy (non-hydrogen) atoms. The van der Waals surface area contributed by atoms with Gasteiger partial charge in [0.1, 0.15) is 0 Å². The van der Waals surface area contributed by atoms with Crippen LogP contribution in [-0.4, -0.2) is 32.4 Å². The molecule has 8 nitrogen and oxygen atoms in total. The third-order valence-corrected chi connectivity index (χ3v) is 6.18. The topological polar surface area (TPSA) is 121 Å². The number of carbonyl (C=O) groups is 3. The van der Waals surface area contributed by atoms with E-state index in [4.69, 9.17) is 11.6 Å². The summed E-state index contributed by atoms with van der Waals surface area (Å²) < 4.78 is 23.4. The van der Waals surface area contributed by atoms with Gasteiger partial charge in [-0.15, -0.1) is 0 Å². The molecule has 10 heteroatoms. The summed E-state index contributed by atoms with van der Waals surface area (Å²) in [6, 6.07) is 17.1. The summed E-state index contributed by atoms with van der Waals surface area (Å²) in [4.78, 5) is 36.1. The summed E-state index contributed by atoms with van der Waals surface area (Å²) >= 11 is 6.28. The lowest BCUT2D eigenvalue weighted by molar-refractivity contribution is -0.119. The smallest absolute Gasteiger partial charge is 0.255 e. The van der Waals surface area contributed by atoms with Crippen LogP contribution in [0, 0.1) is 0 Å². The van der Waals surface area contributed by atoms with Gasteiger partial charge in [-0.3, -0.25) is 14.4 Å². The van der Waals surface area contributed by atoms with Crippen molar-refractivity contribution in [3.8, 4) is 0 Å². The average molecular weight is 500 g/mol. The first-order valence-electron chi connectivity index (χ1n) is 10.1. The minimum atomic E-state index is -3.45. The van der Waals surface area contributed by atoms with Gasteiger partial charge in [0.2, 0.25) is 5.91 Å². The number of benzene rings is 3. The fourth-order valence-corrected chi connectivity index (χ4v) is 3.86. The van der Waals surface area contributed by atoms with Crippen LogP contribution in [0.4, 0.5) is 11.4 Å². The van der Waals surface area contributed by atoms with Crippen molar-refractivity contribution in [3.05, 3.63) is 88.4 Å². The van der Waals surface area contributed by atoms with Crippen LogP contribution in [-0.2, 0) is 21.2 Å². The molecule has 0 fully saturated rings. The highest BCUT2D eigenvalue weighted by Crippen LogP contribution is 2.26. The van der Waals surface area contributed by atoms with Crippen LogP contribution in [0.1, 0.15) is 33.2 Å². The van der Waals surface area contributed by atoms with Gasteiger partial charge in [0.05, 0.1) is 15.6 Å². The molecule has 0 aliphatic heterocycles. The number of rotatable bonds is 7. The highest BCUT2D eigenvalue weighted by Gasteiger charge is 2.14. The molecule has 0 bridgehead atoms. The van der Waals surface area contributed by atoms with Crippen LogP contribution in [0.3, 0.4) is 0 Å². The second-order valence-corrected chi connectivity index (χ2v) is 9.93. The number of hydrogen-bond donors (Lipinski definition) is 3. The Morgan fingerprint density at radius 2 is 1.53 bits per heavy atom. The highest BCUT2D eigenvalue weighted by molar-refractivity contribution is 7.90. The van der Waals surface area contributed by atoms with Gasteiger partial charge in [-0.1, -0.05) is 29.8 Å². The lowest BCUT2D eigenvalue weighted by atomic mass is 10.1. The maximum Gasteiger partial charge on any atom is 0.255 e. The average Bonchev–Trinajstić information content (AvgIpc) is 2.79. The molecule has 0 atom stereocenters. The third kappa shape index (κ3) is 6.66. The maximum atomic E-state index is 12.5. The first kappa shape index (κ1) is 24.9. The lowest BCUT2D eigenvalue weighted by Crippen LogP contribution is -2.19. The number of hydrogen-bond acceptors (Lipinski definition) is 5. The number of anilines is 2. The first-order valence-corrected chi connectivity index (χ1v) is 12.4. The summed E-state index contributed by atoms with van der Waals surface area (Å²) in [6.45, 7) is 1.80. The van der Waals surface area contributed by atoms with Crippen LogP contribution in [0.25, 0.3) is 0 Å². The molecule has 0 saturated heterocycles. The Hall–Kier alpha value is -3.69. The monoisotopic (exact) mass is 499 g/mol. The Kier molecular flexibility index (Phi) is 7.70. The first-order chi connectivity index (χ1) is 16.0. The molecule has 3 aromatic rings. The van der Waals surface area contributed by atoms with Gasteiger partial charge in [0.15, 0.2) is 9.84 Å². The second-order valence-electron chi connectivity index (χ2n) is 7.51. The molecule has 0 aromatic heterocycles. The fraction of sp³-hybridized carbons (Fsp3) is 0.125. The molecule has 0 spiro atoms. The van der Waals surface area contributed by atoms with E-state index in [0.717, 1.165) is 11.8 Å². The molecule has 176 valence electrons. The van der Waals surface area contributed by atoms with Crippen molar-refractivity contribution in [3.63, 3.8) is 0 Å². The van der Waals surface area contributed by atoms with Crippen molar-refractivity contribution < 1.29 is 22.8 Å². The standard InChI is InChI=1S/C24H22ClN3O5S/c1-15(29)26-14-16-6-8-17(9-7-16)23(30)27-19-10-11-22(21(25)13-19)28-24(31)18-4-3-5-20(12-18)34(2,32)33/h3-13H,14H2,1-2H3,(H,26,29)(H,27,30)(H,28,31). The zero-order valence-electron chi connectivity index (χ0n) is 18.4. The zero-order valence-corrected chi connectivity index (χ0v) is 20.0. The predicted octanol–water partition coefficient (Wildman–Crippen LogP) is 3.88. The molecular formula is C24H22ClN3O5S. The second kappa shape index (κ2) is 10.5. The number of carbonyl (C=O) groups excluding carboxylic acids is 3. The largest absolute Gasteiger partial charge is 0.352 e.